The molecule has 0 amide bonds. The number of anilines is 5. The third kappa shape index (κ3) is 6.75. The molecule has 8 rings (SSSR count). The van der Waals surface area contributed by atoms with Crippen LogP contribution in [0.2, 0.25) is 5.15 Å². The first-order chi connectivity index (χ1) is 20.1. The second-order valence-electron chi connectivity index (χ2n) is 11.5. The Labute approximate surface area is 248 Å². The maximum absolute atomic E-state index is 5.82. The number of nitrogens with one attached hydrogen (secondary N) is 4. The first-order valence-corrected chi connectivity index (χ1v) is 15.6. The molecular weight excluding hydrogens is 542 g/mol. The molecule has 4 bridgehead atoms. The van der Waals surface area contributed by atoms with Gasteiger partial charge in [-0.05, 0) is 49.9 Å². The minimum absolute atomic E-state index is 0.231. The van der Waals surface area contributed by atoms with Gasteiger partial charge >= 0.3 is 0 Å². The Balaban J connectivity index is 0.000000123. The molecule has 0 aromatic carbocycles. The predicted molar refractivity (Wildman–Crippen MR) is 165 cm³/mol. The highest BCUT2D eigenvalue weighted by Crippen LogP contribution is 2.36. The van der Waals surface area contributed by atoms with Gasteiger partial charge in [-0.1, -0.05) is 25.4 Å². The average molecular weight is 586 g/mol. The number of nitrogens with zero attached hydrogens (tertiary/aromatic N) is 5. The molecule has 11 nitrogen and oxygen atoms in total. The minimum Gasteiger partial charge on any atom is -0.376 e. The molecule has 0 aliphatic carbocycles. The van der Waals surface area contributed by atoms with E-state index in [0.29, 0.717) is 30.0 Å². The van der Waals surface area contributed by atoms with E-state index in [9.17, 15) is 0 Å². The Morgan fingerprint density at radius 3 is 2.17 bits per heavy atom. The predicted octanol–water partition coefficient (Wildman–Crippen LogP) is 3.29. The van der Waals surface area contributed by atoms with Crippen LogP contribution in [0.4, 0.5) is 28.8 Å². The molecule has 0 saturated carbocycles. The molecule has 4 saturated heterocycles. The van der Waals surface area contributed by atoms with Gasteiger partial charge < -0.3 is 35.4 Å². The van der Waals surface area contributed by atoms with Gasteiger partial charge in [0.15, 0.2) is 11.6 Å². The summed E-state index contributed by atoms with van der Waals surface area (Å²) >= 11 is 5.82. The summed E-state index contributed by atoms with van der Waals surface area (Å²) in [6.07, 6.45) is 5.25. The van der Waals surface area contributed by atoms with Crippen LogP contribution in [0.5, 0.6) is 0 Å². The fraction of sp³-hybridized carbons (Fsp3) is 0.655. The second kappa shape index (κ2) is 13.2. The molecule has 2 aromatic heterocycles. The van der Waals surface area contributed by atoms with Gasteiger partial charge in [-0.3, -0.25) is 4.84 Å². The van der Waals surface area contributed by atoms with Crippen molar-refractivity contribution in [2.24, 2.45) is 0 Å². The fourth-order valence-corrected chi connectivity index (χ4v) is 6.35. The maximum atomic E-state index is 5.82. The fourth-order valence-electron chi connectivity index (χ4n) is 6.20. The van der Waals surface area contributed by atoms with Crippen molar-refractivity contribution in [2.75, 3.05) is 84.4 Å². The lowest BCUT2D eigenvalue weighted by Crippen LogP contribution is -2.48. The molecule has 0 spiro atoms. The molecular formula is C29H44ClN9O2. The summed E-state index contributed by atoms with van der Waals surface area (Å²) in [5.74, 6) is 3.00. The molecule has 224 valence electrons. The van der Waals surface area contributed by atoms with Gasteiger partial charge in [-0.25, -0.2) is 9.97 Å². The van der Waals surface area contributed by atoms with Crippen molar-refractivity contribution in [2.45, 2.75) is 63.8 Å². The van der Waals surface area contributed by atoms with Crippen LogP contribution in [0.15, 0.2) is 24.3 Å². The van der Waals surface area contributed by atoms with Crippen LogP contribution in [0, 0.1) is 0 Å². The summed E-state index contributed by atoms with van der Waals surface area (Å²) < 4.78 is 5.36. The summed E-state index contributed by atoms with van der Waals surface area (Å²) in [7, 11) is 0. The smallest absolute Gasteiger partial charge is 0.152 e. The lowest BCUT2D eigenvalue weighted by atomic mass is 10.2. The van der Waals surface area contributed by atoms with Crippen LogP contribution in [0.1, 0.15) is 39.5 Å². The topological polar surface area (TPSA) is 102 Å². The highest BCUT2D eigenvalue weighted by atomic mass is 35.5. The Kier molecular flexibility index (Phi) is 9.16. The van der Waals surface area contributed by atoms with E-state index in [1.165, 1.54) is 24.2 Å². The van der Waals surface area contributed by atoms with Crippen LogP contribution >= 0.6 is 11.6 Å². The van der Waals surface area contributed by atoms with E-state index in [4.69, 9.17) is 26.2 Å². The number of rotatable bonds is 3. The molecule has 6 aliphatic rings. The number of ether oxygens (including phenoxy) is 1. The van der Waals surface area contributed by atoms with E-state index in [2.05, 4.69) is 67.1 Å². The Hall–Kier alpha value is -2.57. The summed E-state index contributed by atoms with van der Waals surface area (Å²) in [5.41, 5.74) is 5.44. The standard InChI is InChI=1S/C14H21N5O.C9H10ClN3.C6H13NO/c1-2-11-8-19(9-15-20-11)13-4-3-12-14(17-13)16-10-5-6-18(12)7-10;10-8-2-1-7-9(12-8)11-6-3-4-13(7)5-6;1-2-6-5-7-3-4-8-6/h3-4,10-11,15H,2,5-9H2,1H3,(H,16,17);1-2,6H,3-5H2,(H,11,12);6-7H,2-5H2,1H3/t10-,11+;2*6-/m001/s1. The Bertz CT molecular complexity index is 1170. The summed E-state index contributed by atoms with van der Waals surface area (Å²) in [4.78, 5) is 21.6. The molecule has 6 aliphatic heterocycles. The third-order valence-corrected chi connectivity index (χ3v) is 8.82. The van der Waals surface area contributed by atoms with Crippen LogP contribution in [-0.4, -0.2) is 93.3 Å². The second-order valence-corrected chi connectivity index (χ2v) is 11.9. The first kappa shape index (κ1) is 28.5. The van der Waals surface area contributed by atoms with Crippen molar-refractivity contribution >= 4 is 40.4 Å². The van der Waals surface area contributed by atoms with Crippen LogP contribution in [0.3, 0.4) is 0 Å². The summed E-state index contributed by atoms with van der Waals surface area (Å²) in [6.45, 7) is 13.3. The van der Waals surface area contributed by atoms with Crippen LogP contribution < -0.4 is 36.1 Å². The molecule has 8 heterocycles. The van der Waals surface area contributed by atoms with Crippen molar-refractivity contribution in [1.82, 2.24) is 20.8 Å². The minimum atomic E-state index is 0.231. The average Bonchev–Trinajstić information content (AvgIpc) is 3.61. The summed E-state index contributed by atoms with van der Waals surface area (Å²) in [5, 5.41) is 10.8. The zero-order chi connectivity index (χ0) is 28.2. The van der Waals surface area contributed by atoms with E-state index < -0.39 is 0 Å². The highest BCUT2D eigenvalue weighted by Gasteiger charge is 2.32. The van der Waals surface area contributed by atoms with Gasteiger partial charge in [0.05, 0.1) is 36.9 Å². The molecule has 0 radical (unpaired) electrons. The molecule has 4 N–H and O–H groups in total. The zero-order valence-corrected chi connectivity index (χ0v) is 25.0. The molecule has 0 unspecified atom stereocenters. The molecule has 2 aromatic rings. The van der Waals surface area contributed by atoms with Gasteiger partial charge in [-0.15, -0.1) is 0 Å². The lowest BCUT2D eigenvalue weighted by molar-refractivity contribution is -0.0441. The quantitative estimate of drug-likeness (QED) is 0.399. The number of fused-ring (bicyclic) bond motifs is 8. The van der Waals surface area contributed by atoms with Crippen molar-refractivity contribution < 1.29 is 9.57 Å². The number of pyridine rings is 2. The van der Waals surface area contributed by atoms with E-state index in [0.717, 1.165) is 82.7 Å². The van der Waals surface area contributed by atoms with Gasteiger partial charge in [0, 0.05) is 57.9 Å². The molecule has 41 heavy (non-hydrogen) atoms. The molecule has 4 fully saturated rings. The van der Waals surface area contributed by atoms with Crippen molar-refractivity contribution in [3.63, 3.8) is 0 Å². The van der Waals surface area contributed by atoms with Gasteiger partial charge in [0.2, 0.25) is 0 Å². The van der Waals surface area contributed by atoms with Gasteiger partial charge in [0.25, 0.3) is 0 Å². The highest BCUT2D eigenvalue weighted by molar-refractivity contribution is 6.29. The van der Waals surface area contributed by atoms with Crippen LogP contribution in [0.25, 0.3) is 0 Å². The van der Waals surface area contributed by atoms with Gasteiger partial charge in [-0.2, -0.15) is 5.48 Å². The largest absolute Gasteiger partial charge is 0.376 e. The van der Waals surface area contributed by atoms with E-state index in [1.54, 1.807) is 0 Å². The van der Waals surface area contributed by atoms with Crippen molar-refractivity contribution in [3.05, 3.63) is 29.4 Å². The number of hydrogen-bond acceptors (Lipinski definition) is 11. The molecule has 4 atom stereocenters. The van der Waals surface area contributed by atoms with Crippen molar-refractivity contribution in [1.29, 1.82) is 0 Å². The SMILES string of the molecule is CC[C@@H]1CN(c2ccc3c(n2)N[C@H]2CCN3C2)CNO1.CC[C@@H]1CNCCO1.Clc1ccc2c(n1)N[C@H]1CCN2C1. The number of morpholine rings is 1. The van der Waals surface area contributed by atoms with Crippen LogP contribution in [-0.2, 0) is 9.57 Å². The lowest BCUT2D eigenvalue weighted by Gasteiger charge is -2.34. The van der Waals surface area contributed by atoms with E-state index in [1.807, 2.05) is 12.1 Å². The Morgan fingerprint density at radius 2 is 1.54 bits per heavy atom. The monoisotopic (exact) mass is 585 g/mol. The number of halogens is 1. The number of hydrogen-bond donors (Lipinski definition) is 4. The zero-order valence-electron chi connectivity index (χ0n) is 24.2. The maximum Gasteiger partial charge on any atom is 0.152 e. The molecule has 12 heteroatoms. The van der Waals surface area contributed by atoms with E-state index >= 15 is 0 Å². The number of aromatic nitrogens is 2. The van der Waals surface area contributed by atoms with Crippen molar-refractivity contribution in [3.8, 4) is 0 Å². The Morgan fingerprint density at radius 1 is 0.854 bits per heavy atom. The third-order valence-electron chi connectivity index (χ3n) is 8.61. The van der Waals surface area contributed by atoms with Gasteiger partial charge in [0.1, 0.15) is 11.0 Å². The summed E-state index contributed by atoms with van der Waals surface area (Å²) in [6, 6.07) is 9.34. The van der Waals surface area contributed by atoms with E-state index in [-0.39, 0.29) is 6.10 Å². The number of hydroxylamine groups is 1. The first-order valence-electron chi connectivity index (χ1n) is 15.3. The normalized spacial score (nSPS) is 27.3.